The van der Waals surface area contributed by atoms with Gasteiger partial charge in [0, 0.05) is 6.54 Å². The maximum Gasteiger partial charge on any atom is 0.406 e. The smallest absolute Gasteiger partial charge is 0.406 e. The standard InChI is InChI=1S/C13H19NO5/c1-16-10-7-9(5-6-14-13(15)19-4)8-11(17-2)12(10)18-3/h7-8H,5-6H2,1-4H3,(H,14,15). The van der Waals surface area contributed by atoms with E-state index in [0.717, 1.165) is 5.56 Å². The second-order valence-corrected chi connectivity index (χ2v) is 3.70. The Labute approximate surface area is 112 Å². The van der Waals surface area contributed by atoms with Crippen molar-refractivity contribution in [2.45, 2.75) is 6.42 Å². The molecular formula is C13H19NO5. The van der Waals surface area contributed by atoms with Crippen LogP contribution in [0.25, 0.3) is 0 Å². The molecule has 1 N–H and O–H groups in total. The van der Waals surface area contributed by atoms with Gasteiger partial charge in [-0.1, -0.05) is 0 Å². The number of alkyl carbamates (subject to hydrolysis) is 1. The van der Waals surface area contributed by atoms with Crippen molar-refractivity contribution in [3.8, 4) is 17.2 Å². The zero-order valence-electron chi connectivity index (χ0n) is 11.6. The summed E-state index contributed by atoms with van der Waals surface area (Å²) in [6.07, 6.45) is 0.179. The zero-order valence-corrected chi connectivity index (χ0v) is 11.6. The third kappa shape index (κ3) is 3.94. The highest BCUT2D eigenvalue weighted by molar-refractivity contribution is 5.66. The quantitative estimate of drug-likeness (QED) is 0.850. The SMILES string of the molecule is COC(=O)NCCc1cc(OC)c(OC)c(OC)c1. The molecule has 0 spiro atoms. The molecule has 19 heavy (non-hydrogen) atoms. The fraction of sp³-hybridized carbons (Fsp3) is 0.462. The molecule has 0 unspecified atom stereocenters. The molecule has 0 aliphatic heterocycles. The molecule has 6 nitrogen and oxygen atoms in total. The van der Waals surface area contributed by atoms with Crippen molar-refractivity contribution in [2.24, 2.45) is 0 Å². The Morgan fingerprint density at radius 3 is 2.05 bits per heavy atom. The fourth-order valence-electron chi connectivity index (χ4n) is 1.66. The highest BCUT2D eigenvalue weighted by Crippen LogP contribution is 2.38. The largest absolute Gasteiger partial charge is 0.493 e. The summed E-state index contributed by atoms with van der Waals surface area (Å²) < 4.78 is 20.2. The molecule has 1 aromatic rings. The van der Waals surface area contributed by atoms with Crippen molar-refractivity contribution in [3.63, 3.8) is 0 Å². The van der Waals surface area contributed by atoms with E-state index in [9.17, 15) is 4.79 Å². The lowest BCUT2D eigenvalue weighted by Crippen LogP contribution is -2.25. The van der Waals surface area contributed by atoms with Crippen LogP contribution in [0.15, 0.2) is 12.1 Å². The first-order valence-corrected chi connectivity index (χ1v) is 5.77. The minimum absolute atomic E-state index is 0.451. The Bertz CT molecular complexity index is 408. The summed E-state index contributed by atoms with van der Waals surface area (Å²) in [6.45, 7) is 0.464. The molecule has 0 aromatic heterocycles. The molecule has 6 heteroatoms. The van der Waals surface area contributed by atoms with Gasteiger partial charge >= 0.3 is 6.09 Å². The van der Waals surface area contributed by atoms with Crippen LogP contribution in [0.1, 0.15) is 5.56 Å². The molecule has 0 radical (unpaired) electrons. The van der Waals surface area contributed by atoms with Gasteiger partial charge in [-0.25, -0.2) is 4.79 Å². The highest BCUT2D eigenvalue weighted by atomic mass is 16.5. The number of nitrogens with one attached hydrogen (secondary N) is 1. The maximum absolute atomic E-state index is 10.9. The van der Waals surface area contributed by atoms with Gasteiger partial charge in [-0.3, -0.25) is 0 Å². The summed E-state index contributed by atoms with van der Waals surface area (Å²) in [5.41, 5.74) is 0.964. The second-order valence-electron chi connectivity index (χ2n) is 3.70. The van der Waals surface area contributed by atoms with Crippen molar-refractivity contribution in [1.82, 2.24) is 5.32 Å². The van der Waals surface area contributed by atoms with Crippen molar-refractivity contribution in [2.75, 3.05) is 35.0 Å². The van der Waals surface area contributed by atoms with Gasteiger partial charge in [0.05, 0.1) is 28.4 Å². The Hall–Kier alpha value is -2.11. The van der Waals surface area contributed by atoms with E-state index in [2.05, 4.69) is 10.1 Å². The number of hydrogen-bond donors (Lipinski definition) is 1. The first-order valence-electron chi connectivity index (χ1n) is 5.77. The molecule has 0 atom stereocenters. The van der Waals surface area contributed by atoms with Crippen molar-refractivity contribution in [1.29, 1.82) is 0 Å². The van der Waals surface area contributed by atoms with Crippen molar-refractivity contribution >= 4 is 6.09 Å². The number of hydrogen-bond acceptors (Lipinski definition) is 5. The average molecular weight is 269 g/mol. The summed E-state index contributed by atoms with van der Waals surface area (Å²) in [7, 11) is 6.01. The highest BCUT2D eigenvalue weighted by Gasteiger charge is 2.13. The third-order valence-electron chi connectivity index (χ3n) is 2.59. The van der Waals surface area contributed by atoms with Crippen LogP contribution in [-0.2, 0) is 11.2 Å². The van der Waals surface area contributed by atoms with Crippen LogP contribution in [0.4, 0.5) is 4.79 Å². The molecule has 0 aliphatic rings. The van der Waals surface area contributed by atoms with Crippen LogP contribution in [0.5, 0.6) is 17.2 Å². The molecule has 1 amide bonds. The van der Waals surface area contributed by atoms with E-state index >= 15 is 0 Å². The lowest BCUT2D eigenvalue weighted by Gasteiger charge is -2.14. The molecule has 0 fully saturated rings. The summed E-state index contributed by atoms with van der Waals surface area (Å²) in [5, 5.41) is 2.61. The number of rotatable bonds is 6. The average Bonchev–Trinajstić information content (AvgIpc) is 2.45. The van der Waals surface area contributed by atoms with E-state index in [1.807, 2.05) is 12.1 Å². The van der Waals surface area contributed by atoms with E-state index in [1.54, 1.807) is 21.3 Å². The van der Waals surface area contributed by atoms with Gasteiger partial charge in [0.1, 0.15) is 0 Å². The molecular weight excluding hydrogens is 250 g/mol. The number of carbonyl (C=O) groups excluding carboxylic acids is 1. The molecule has 0 saturated carbocycles. The predicted octanol–water partition coefficient (Wildman–Crippen LogP) is 1.61. The summed E-state index contributed by atoms with van der Waals surface area (Å²) >= 11 is 0. The van der Waals surface area contributed by atoms with Gasteiger partial charge in [-0.15, -0.1) is 0 Å². The summed E-state index contributed by atoms with van der Waals surface area (Å²) in [4.78, 5) is 10.9. The van der Waals surface area contributed by atoms with Crippen LogP contribution >= 0.6 is 0 Å². The molecule has 1 rings (SSSR count). The van der Waals surface area contributed by atoms with Crippen LogP contribution in [0.2, 0.25) is 0 Å². The molecule has 0 bridgehead atoms. The van der Waals surface area contributed by atoms with E-state index < -0.39 is 6.09 Å². The first kappa shape index (κ1) is 14.9. The number of amides is 1. The lowest BCUT2D eigenvalue weighted by atomic mass is 10.1. The van der Waals surface area contributed by atoms with Gasteiger partial charge in [-0.2, -0.15) is 0 Å². The van der Waals surface area contributed by atoms with Crippen LogP contribution in [0, 0.1) is 0 Å². The minimum Gasteiger partial charge on any atom is -0.493 e. The van der Waals surface area contributed by atoms with Gasteiger partial charge in [-0.05, 0) is 24.1 Å². The van der Waals surface area contributed by atoms with E-state index in [4.69, 9.17) is 14.2 Å². The summed E-state index contributed by atoms with van der Waals surface area (Å²) in [6, 6.07) is 3.70. The third-order valence-corrected chi connectivity index (χ3v) is 2.59. The summed E-state index contributed by atoms with van der Waals surface area (Å²) in [5.74, 6) is 1.74. The van der Waals surface area contributed by atoms with Crippen molar-refractivity contribution in [3.05, 3.63) is 17.7 Å². The Balaban J connectivity index is 2.81. The zero-order chi connectivity index (χ0) is 14.3. The Morgan fingerprint density at radius 2 is 1.63 bits per heavy atom. The van der Waals surface area contributed by atoms with Gasteiger partial charge < -0.3 is 24.3 Å². The van der Waals surface area contributed by atoms with Crippen molar-refractivity contribution < 1.29 is 23.7 Å². The predicted molar refractivity (Wildman–Crippen MR) is 70.2 cm³/mol. The minimum atomic E-state index is -0.451. The second kappa shape index (κ2) is 7.35. The van der Waals surface area contributed by atoms with E-state index in [0.29, 0.717) is 30.2 Å². The van der Waals surface area contributed by atoms with E-state index in [-0.39, 0.29) is 0 Å². The Kier molecular flexibility index (Phi) is 5.78. The molecule has 106 valence electrons. The number of ether oxygens (including phenoxy) is 4. The van der Waals surface area contributed by atoms with Gasteiger partial charge in [0.25, 0.3) is 0 Å². The lowest BCUT2D eigenvalue weighted by molar-refractivity contribution is 0.171. The molecule has 1 aromatic carbocycles. The molecule has 0 heterocycles. The fourth-order valence-corrected chi connectivity index (χ4v) is 1.66. The van der Waals surface area contributed by atoms with Crippen LogP contribution in [-0.4, -0.2) is 41.1 Å². The normalized spacial score (nSPS) is 9.68. The van der Waals surface area contributed by atoms with Crippen LogP contribution < -0.4 is 19.5 Å². The first-order chi connectivity index (χ1) is 9.15. The monoisotopic (exact) mass is 269 g/mol. The van der Waals surface area contributed by atoms with E-state index in [1.165, 1.54) is 7.11 Å². The van der Waals surface area contributed by atoms with Crippen LogP contribution in [0.3, 0.4) is 0 Å². The topological polar surface area (TPSA) is 66.0 Å². The van der Waals surface area contributed by atoms with Gasteiger partial charge in [0.15, 0.2) is 11.5 Å². The number of benzene rings is 1. The number of carbonyl (C=O) groups is 1. The Morgan fingerprint density at radius 1 is 1.05 bits per heavy atom. The van der Waals surface area contributed by atoms with Gasteiger partial charge in [0.2, 0.25) is 5.75 Å². The molecule has 0 aliphatic carbocycles. The number of methoxy groups -OCH3 is 4. The molecule has 0 saturated heterocycles. The maximum atomic E-state index is 10.9.